The Bertz CT molecular complexity index is 301. The summed E-state index contributed by atoms with van der Waals surface area (Å²) in [5.41, 5.74) is 0. The van der Waals surface area contributed by atoms with Crippen LogP contribution in [0.2, 0.25) is 0 Å². The molecule has 1 heterocycles. The van der Waals surface area contributed by atoms with Crippen LogP contribution in [0.1, 0.15) is 44.9 Å². The first-order valence-electron chi connectivity index (χ1n) is 7.08. The monoisotopic (exact) mass is 253 g/mol. The number of rotatable bonds is 4. The van der Waals surface area contributed by atoms with E-state index in [9.17, 15) is 9.59 Å². The predicted octanol–water partition coefficient (Wildman–Crippen LogP) is 1.24. The number of urea groups is 1. The van der Waals surface area contributed by atoms with Gasteiger partial charge in [0.25, 0.3) is 0 Å². The quantitative estimate of drug-likeness (QED) is 0.792. The summed E-state index contributed by atoms with van der Waals surface area (Å²) < 4.78 is 0. The number of carbonyl (C=O) groups is 2. The number of piperidine rings is 1. The molecule has 1 saturated heterocycles. The lowest BCUT2D eigenvalue weighted by molar-refractivity contribution is -0.133. The van der Waals surface area contributed by atoms with Crippen molar-refractivity contribution in [1.29, 1.82) is 0 Å². The molecular weight excluding hydrogens is 230 g/mol. The lowest BCUT2D eigenvalue weighted by Crippen LogP contribution is -2.45. The highest BCUT2D eigenvalue weighted by molar-refractivity contribution is 5.77. The SMILES string of the molecule is O=C(NCCN1CCCCC1=O)NC1CCCC1. The van der Waals surface area contributed by atoms with Gasteiger partial charge in [-0.25, -0.2) is 4.79 Å². The van der Waals surface area contributed by atoms with E-state index in [2.05, 4.69) is 10.6 Å². The molecule has 18 heavy (non-hydrogen) atoms. The lowest BCUT2D eigenvalue weighted by atomic mass is 10.1. The minimum atomic E-state index is -0.0913. The Kier molecular flexibility index (Phi) is 4.84. The van der Waals surface area contributed by atoms with Gasteiger partial charge in [-0.3, -0.25) is 4.79 Å². The average molecular weight is 253 g/mol. The molecule has 2 rings (SSSR count). The van der Waals surface area contributed by atoms with Crippen LogP contribution in [-0.2, 0) is 4.79 Å². The Morgan fingerprint density at radius 3 is 2.72 bits per heavy atom. The van der Waals surface area contributed by atoms with Crippen molar-refractivity contribution in [2.75, 3.05) is 19.6 Å². The molecular formula is C13H23N3O2. The highest BCUT2D eigenvalue weighted by Gasteiger charge is 2.19. The van der Waals surface area contributed by atoms with Crippen molar-refractivity contribution in [3.8, 4) is 0 Å². The molecule has 2 N–H and O–H groups in total. The summed E-state index contributed by atoms with van der Waals surface area (Å²) in [5.74, 6) is 0.222. The highest BCUT2D eigenvalue weighted by Crippen LogP contribution is 2.17. The van der Waals surface area contributed by atoms with E-state index in [4.69, 9.17) is 0 Å². The van der Waals surface area contributed by atoms with Crippen molar-refractivity contribution in [2.24, 2.45) is 0 Å². The van der Waals surface area contributed by atoms with E-state index in [-0.39, 0.29) is 11.9 Å². The third-order valence-corrected chi connectivity index (χ3v) is 3.78. The average Bonchev–Trinajstić information content (AvgIpc) is 2.84. The van der Waals surface area contributed by atoms with Gasteiger partial charge in [0.2, 0.25) is 5.91 Å². The van der Waals surface area contributed by atoms with E-state index in [1.54, 1.807) is 0 Å². The fourth-order valence-corrected chi connectivity index (χ4v) is 2.71. The number of likely N-dealkylation sites (tertiary alicyclic amines) is 1. The van der Waals surface area contributed by atoms with Crippen molar-refractivity contribution in [1.82, 2.24) is 15.5 Å². The Balaban J connectivity index is 1.59. The van der Waals surface area contributed by atoms with E-state index in [1.807, 2.05) is 4.90 Å². The van der Waals surface area contributed by atoms with Gasteiger partial charge in [0.05, 0.1) is 0 Å². The smallest absolute Gasteiger partial charge is 0.315 e. The topological polar surface area (TPSA) is 61.4 Å². The van der Waals surface area contributed by atoms with Crippen LogP contribution in [-0.4, -0.2) is 42.5 Å². The summed E-state index contributed by atoms with van der Waals surface area (Å²) in [5, 5.41) is 5.81. The molecule has 2 fully saturated rings. The normalized spacial score (nSPS) is 21.1. The standard InChI is InChI=1S/C13H23N3O2/c17-12-7-3-4-9-16(12)10-8-14-13(18)15-11-5-1-2-6-11/h11H,1-10H2,(H2,14,15,18). The molecule has 0 aromatic heterocycles. The van der Waals surface area contributed by atoms with Crippen LogP contribution in [0.5, 0.6) is 0 Å². The molecule has 3 amide bonds. The number of hydrogen-bond acceptors (Lipinski definition) is 2. The molecule has 2 aliphatic rings. The van der Waals surface area contributed by atoms with Gasteiger partial charge in [0.15, 0.2) is 0 Å². The van der Waals surface area contributed by atoms with Crippen LogP contribution in [0.4, 0.5) is 4.79 Å². The van der Waals surface area contributed by atoms with Gasteiger partial charge in [-0.15, -0.1) is 0 Å². The molecule has 5 nitrogen and oxygen atoms in total. The predicted molar refractivity (Wildman–Crippen MR) is 69.2 cm³/mol. The van der Waals surface area contributed by atoms with Crippen molar-refractivity contribution < 1.29 is 9.59 Å². The van der Waals surface area contributed by atoms with Gasteiger partial charge >= 0.3 is 6.03 Å². The van der Waals surface area contributed by atoms with Crippen molar-refractivity contribution in [2.45, 2.75) is 51.0 Å². The summed E-state index contributed by atoms with van der Waals surface area (Å²) in [6.07, 6.45) is 7.37. The van der Waals surface area contributed by atoms with Gasteiger partial charge in [0, 0.05) is 32.1 Å². The number of nitrogens with zero attached hydrogens (tertiary/aromatic N) is 1. The number of amides is 3. The maximum absolute atomic E-state index is 11.6. The molecule has 0 spiro atoms. The minimum Gasteiger partial charge on any atom is -0.341 e. The highest BCUT2D eigenvalue weighted by atomic mass is 16.2. The van der Waals surface area contributed by atoms with Gasteiger partial charge in [-0.05, 0) is 25.7 Å². The molecule has 0 atom stereocenters. The Morgan fingerprint density at radius 2 is 2.00 bits per heavy atom. The van der Waals surface area contributed by atoms with E-state index in [1.165, 1.54) is 12.8 Å². The van der Waals surface area contributed by atoms with Crippen LogP contribution in [0.15, 0.2) is 0 Å². The van der Waals surface area contributed by atoms with Crippen LogP contribution in [0.25, 0.3) is 0 Å². The van der Waals surface area contributed by atoms with Crippen molar-refractivity contribution in [3.05, 3.63) is 0 Å². The summed E-state index contributed by atoms with van der Waals surface area (Å²) >= 11 is 0. The fraction of sp³-hybridized carbons (Fsp3) is 0.846. The summed E-state index contributed by atoms with van der Waals surface area (Å²) in [4.78, 5) is 25.0. The second kappa shape index (κ2) is 6.61. The largest absolute Gasteiger partial charge is 0.341 e. The zero-order chi connectivity index (χ0) is 12.8. The first-order valence-corrected chi connectivity index (χ1v) is 7.08. The van der Waals surface area contributed by atoms with Gasteiger partial charge in [-0.1, -0.05) is 12.8 Å². The molecule has 0 radical (unpaired) electrons. The zero-order valence-electron chi connectivity index (χ0n) is 10.9. The Labute approximate surface area is 108 Å². The first-order chi connectivity index (χ1) is 8.75. The van der Waals surface area contributed by atoms with Gasteiger partial charge in [0.1, 0.15) is 0 Å². The van der Waals surface area contributed by atoms with E-state index in [0.29, 0.717) is 25.6 Å². The second-order valence-electron chi connectivity index (χ2n) is 5.22. The van der Waals surface area contributed by atoms with Crippen LogP contribution < -0.4 is 10.6 Å². The maximum Gasteiger partial charge on any atom is 0.315 e. The van der Waals surface area contributed by atoms with Crippen molar-refractivity contribution >= 4 is 11.9 Å². The molecule has 1 saturated carbocycles. The number of hydrogen-bond donors (Lipinski definition) is 2. The van der Waals surface area contributed by atoms with Gasteiger partial charge < -0.3 is 15.5 Å². The molecule has 0 unspecified atom stereocenters. The lowest BCUT2D eigenvalue weighted by Gasteiger charge is -2.26. The Hall–Kier alpha value is -1.26. The summed E-state index contributed by atoms with van der Waals surface area (Å²) in [7, 11) is 0. The third-order valence-electron chi connectivity index (χ3n) is 3.78. The fourth-order valence-electron chi connectivity index (χ4n) is 2.71. The summed E-state index contributed by atoms with van der Waals surface area (Å²) in [6, 6.07) is 0.257. The van der Waals surface area contributed by atoms with Gasteiger partial charge in [-0.2, -0.15) is 0 Å². The van der Waals surface area contributed by atoms with Crippen LogP contribution in [0.3, 0.4) is 0 Å². The molecule has 0 bridgehead atoms. The molecule has 5 heteroatoms. The van der Waals surface area contributed by atoms with E-state index in [0.717, 1.165) is 32.2 Å². The van der Waals surface area contributed by atoms with E-state index < -0.39 is 0 Å². The minimum absolute atomic E-state index is 0.0913. The zero-order valence-corrected chi connectivity index (χ0v) is 10.9. The third kappa shape index (κ3) is 3.89. The molecule has 1 aliphatic heterocycles. The maximum atomic E-state index is 11.6. The molecule has 102 valence electrons. The van der Waals surface area contributed by atoms with E-state index >= 15 is 0 Å². The second-order valence-corrected chi connectivity index (χ2v) is 5.22. The summed E-state index contributed by atoms with van der Waals surface area (Å²) in [6.45, 7) is 2.02. The molecule has 0 aromatic rings. The number of nitrogens with one attached hydrogen (secondary N) is 2. The molecule has 1 aliphatic carbocycles. The van der Waals surface area contributed by atoms with Crippen molar-refractivity contribution in [3.63, 3.8) is 0 Å². The first kappa shape index (κ1) is 13.2. The molecule has 0 aromatic carbocycles. The van der Waals surface area contributed by atoms with Crippen LogP contribution >= 0.6 is 0 Å². The Morgan fingerprint density at radius 1 is 1.22 bits per heavy atom. The number of carbonyl (C=O) groups excluding carboxylic acids is 2. The van der Waals surface area contributed by atoms with Crippen LogP contribution in [0, 0.1) is 0 Å².